The van der Waals surface area contributed by atoms with Gasteiger partial charge in [0.25, 0.3) is 0 Å². The molecule has 1 aliphatic rings. The van der Waals surface area contributed by atoms with Crippen molar-refractivity contribution in [3.05, 3.63) is 41.1 Å². The zero-order chi connectivity index (χ0) is 16.8. The van der Waals surface area contributed by atoms with E-state index >= 15 is 0 Å². The largest absolute Gasteiger partial charge is 0.508 e. The number of hydrogen-bond acceptors (Lipinski definition) is 5. The normalized spacial score (nSPS) is 17.5. The van der Waals surface area contributed by atoms with Gasteiger partial charge in [0.15, 0.2) is 0 Å². The molecule has 0 saturated heterocycles. The monoisotopic (exact) mass is 320 g/mol. The summed E-state index contributed by atoms with van der Waals surface area (Å²) in [4.78, 5) is 24.1. The van der Waals surface area contributed by atoms with Crippen molar-refractivity contribution in [3.63, 3.8) is 0 Å². The summed E-state index contributed by atoms with van der Waals surface area (Å²) in [6, 6.07) is 5.28. The number of phenols is 1. The molecular formula is C16H20N2O5. The predicted molar refractivity (Wildman–Crippen MR) is 82.7 cm³/mol. The molecule has 7 heteroatoms. The van der Waals surface area contributed by atoms with Gasteiger partial charge in [-0.15, -0.1) is 0 Å². The van der Waals surface area contributed by atoms with Crippen molar-refractivity contribution in [2.24, 2.45) is 0 Å². The van der Waals surface area contributed by atoms with Crippen LogP contribution in [0.3, 0.4) is 0 Å². The minimum atomic E-state index is -0.685. The molecular weight excluding hydrogens is 300 g/mol. The van der Waals surface area contributed by atoms with Gasteiger partial charge in [-0.1, -0.05) is 12.1 Å². The standard InChI is InChI=1S/C16H20N2O5/c1-3-22-7-8-23-15(20)13-10(2)17-16(21)18-14(13)11-5-4-6-12(19)9-11/h4-6,9,14,19H,3,7-8H2,1-2H3,(H2,17,18,21)/t14-/m1/s1. The average molecular weight is 320 g/mol. The van der Waals surface area contributed by atoms with E-state index in [0.717, 1.165) is 0 Å². The topological polar surface area (TPSA) is 96.9 Å². The quantitative estimate of drug-likeness (QED) is 0.546. The maximum Gasteiger partial charge on any atom is 0.338 e. The van der Waals surface area contributed by atoms with E-state index in [-0.39, 0.29) is 12.4 Å². The number of urea groups is 1. The van der Waals surface area contributed by atoms with Crippen LogP contribution in [-0.2, 0) is 14.3 Å². The number of phenolic OH excluding ortho intramolecular Hbond substituents is 1. The van der Waals surface area contributed by atoms with Crippen LogP contribution in [0.1, 0.15) is 25.5 Å². The number of aromatic hydroxyl groups is 1. The van der Waals surface area contributed by atoms with Crippen LogP contribution in [0.15, 0.2) is 35.5 Å². The number of hydrogen-bond donors (Lipinski definition) is 3. The highest BCUT2D eigenvalue weighted by Gasteiger charge is 2.32. The average Bonchev–Trinajstić information content (AvgIpc) is 2.50. The first kappa shape index (κ1) is 16.8. The van der Waals surface area contributed by atoms with Crippen molar-refractivity contribution in [1.29, 1.82) is 0 Å². The van der Waals surface area contributed by atoms with Crippen molar-refractivity contribution in [2.75, 3.05) is 19.8 Å². The molecule has 1 aromatic carbocycles. The van der Waals surface area contributed by atoms with Crippen LogP contribution in [0.4, 0.5) is 4.79 Å². The van der Waals surface area contributed by atoms with Gasteiger partial charge in [-0.25, -0.2) is 9.59 Å². The number of rotatable bonds is 6. The second-order valence-corrected chi connectivity index (χ2v) is 5.00. The summed E-state index contributed by atoms with van der Waals surface area (Å²) < 4.78 is 10.3. The van der Waals surface area contributed by atoms with Gasteiger partial charge >= 0.3 is 12.0 Å². The van der Waals surface area contributed by atoms with E-state index in [2.05, 4.69) is 10.6 Å². The Kier molecular flexibility index (Phi) is 5.59. The van der Waals surface area contributed by atoms with Crippen molar-refractivity contribution in [2.45, 2.75) is 19.9 Å². The van der Waals surface area contributed by atoms with Crippen LogP contribution in [0.25, 0.3) is 0 Å². The number of ether oxygens (including phenoxy) is 2. The fourth-order valence-corrected chi connectivity index (χ4v) is 2.33. The van der Waals surface area contributed by atoms with E-state index in [1.807, 2.05) is 6.92 Å². The zero-order valence-corrected chi connectivity index (χ0v) is 13.1. The fourth-order valence-electron chi connectivity index (χ4n) is 2.33. The molecule has 2 rings (SSSR count). The molecule has 0 bridgehead atoms. The SMILES string of the molecule is CCOCCOC(=O)C1=C(C)NC(=O)N[C@@H]1c1cccc(O)c1. The third-order valence-electron chi connectivity index (χ3n) is 3.36. The number of carbonyl (C=O) groups excluding carboxylic acids is 2. The molecule has 0 aromatic heterocycles. The lowest BCUT2D eigenvalue weighted by atomic mass is 9.95. The first-order valence-corrected chi connectivity index (χ1v) is 7.35. The molecule has 1 aromatic rings. The predicted octanol–water partition coefficient (Wildman–Crippen LogP) is 1.60. The van der Waals surface area contributed by atoms with Gasteiger partial charge < -0.3 is 25.2 Å². The highest BCUT2D eigenvalue weighted by molar-refractivity contribution is 5.95. The maximum atomic E-state index is 12.4. The van der Waals surface area contributed by atoms with E-state index in [4.69, 9.17) is 9.47 Å². The molecule has 2 amide bonds. The molecule has 0 spiro atoms. The van der Waals surface area contributed by atoms with Crippen molar-refractivity contribution < 1.29 is 24.2 Å². The van der Waals surface area contributed by atoms with Crippen molar-refractivity contribution >= 4 is 12.0 Å². The van der Waals surface area contributed by atoms with Gasteiger partial charge in [-0.3, -0.25) is 0 Å². The molecule has 0 unspecified atom stereocenters. The summed E-state index contributed by atoms with van der Waals surface area (Å²) in [5.41, 5.74) is 1.31. The van der Waals surface area contributed by atoms with Gasteiger partial charge in [0.05, 0.1) is 18.2 Å². The Balaban J connectivity index is 2.22. The molecule has 0 fully saturated rings. The molecule has 23 heavy (non-hydrogen) atoms. The number of carbonyl (C=O) groups is 2. The summed E-state index contributed by atoms with van der Waals surface area (Å²) in [6.45, 7) is 4.47. The molecule has 0 saturated carbocycles. The second-order valence-electron chi connectivity index (χ2n) is 5.00. The summed E-state index contributed by atoms with van der Waals surface area (Å²) in [6.07, 6.45) is 0. The third-order valence-corrected chi connectivity index (χ3v) is 3.36. The number of esters is 1. The van der Waals surface area contributed by atoms with E-state index in [0.29, 0.717) is 30.0 Å². The smallest absolute Gasteiger partial charge is 0.338 e. The first-order valence-electron chi connectivity index (χ1n) is 7.35. The summed E-state index contributed by atoms with van der Waals surface area (Å²) in [7, 11) is 0. The second kappa shape index (κ2) is 7.64. The van der Waals surface area contributed by atoms with Crippen molar-refractivity contribution in [3.8, 4) is 5.75 Å². The lowest BCUT2D eigenvalue weighted by Crippen LogP contribution is -2.45. The van der Waals surface area contributed by atoms with Crippen LogP contribution < -0.4 is 10.6 Å². The number of benzene rings is 1. The van der Waals surface area contributed by atoms with Crippen LogP contribution >= 0.6 is 0 Å². The molecule has 1 heterocycles. The molecule has 1 atom stereocenters. The summed E-state index contributed by atoms with van der Waals surface area (Å²) in [5.74, 6) is -0.486. The Morgan fingerprint density at radius 1 is 1.35 bits per heavy atom. The summed E-state index contributed by atoms with van der Waals surface area (Å²) >= 11 is 0. The highest BCUT2D eigenvalue weighted by Crippen LogP contribution is 2.29. The van der Waals surface area contributed by atoms with E-state index < -0.39 is 18.0 Å². The maximum absolute atomic E-state index is 12.4. The lowest BCUT2D eigenvalue weighted by molar-refractivity contribution is -0.141. The Morgan fingerprint density at radius 2 is 2.13 bits per heavy atom. The van der Waals surface area contributed by atoms with Crippen LogP contribution in [0.2, 0.25) is 0 Å². The molecule has 0 radical (unpaired) electrons. The van der Waals surface area contributed by atoms with Gasteiger partial charge in [0, 0.05) is 12.3 Å². The number of nitrogens with one attached hydrogen (secondary N) is 2. The fraction of sp³-hybridized carbons (Fsp3) is 0.375. The Bertz CT molecular complexity index is 627. The molecule has 3 N–H and O–H groups in total. The van der Waals surface area contributed by atoms with Gasteiger partial charge in [0.2, 0.25) is 0 Å². The van der Waals surface area contributed by atoms with Crippen LogP contribution in [0, 0.1) is 0 Å². The van der Waals surface area contributed by atoms with Crippen LogP contribution in [-0.4, -0.2) is 36.9 Å². The van der Waals surface area contributed by atoms with Crippen molar-refractivity contribution in [1.82, 2.24) is 10.6 Å². The molecule has 1 aliphatic heterocycles. The third kappa shape index (κ3) is 4.23. The number of amides is 2. The van der Waals surface area contributed by atoms with E-state index in [9.17, 15) is 14.7 Å². The Labute approximate surface area is 134 Å². The molecule has 0 aliphatic carbocycles. The zero-order valence-electron chi connectivity index (χ0n) is 13.1. The van der Waals surface area contributed by atoms with E-state index in [1.165, 1.54) is 12.1 Å². The first-order chi connectivity index (χ1) is 11.0. The molecule has 7 nitrogen and oxygen atoms in total. The Morgan fingerprint density at radius 3 is 2.83 bits per heavy atom. The van der Waals surface area contributed by atoms with Gasteiger partial charge in [0.1, 0.15) is 12.4 Å². The van der Waals surface area contributed by atoms with Gasteiger partial charge in [-0.2, -0.15) is 0 Å². The minimum absolute atomic E-state index is 0.0528. The highest BCUT2D eigenvalue weighted by atomic mass is 16.6. The summed E-state index contributed by atoms with van der Waals surface area (Å²) in [5, 5.41) is 14.9. The minimum Gasteiger partial charge on any atom is -0.508 e. The van der Waals surface area contributed by atoms with Gasteiger partial charge in [-0.05, 0) is 31.5 Å². The molecule has 124 valence electrons. The number of allylic oxidation sites excluding steroid dienone is 1. The lowest BCUT2D eigenvalue weighted by Gasteiger charge is -2.28. The van der Waals surface area contributed by atoms with E-state index in [1.54, 1.807) is 19.1 Å². The Hall–Kier alpha value is -2.54. The van der Waals surface area contributed by atoms with Crippen LogP contribution in [0.5, 0.6) is 5.75 Å².